The summed E-state index contributed by atoms with van der Waals surface area (Å²) in [6.45, 7) is 0. The molecule has 0 bridgehead atoms. The Balaban J connectivity index is 2.36. The minimum Gasteiger partial charge on any atom is -0.226 e. The molecule has 3 nitrogen and oxygen atoms in total. The number of pyridine rings is 1. The van der Waals surface area contributed by atoms with Gasteiger partial charge in [0.2, 0.25) is 0 Å². The molecule has 1 heterocycles. The van der Waals surface area contributed by atoms with Crippen LogP contribution in [0.2, 0.25) is 0 Å². The largest absolute Gasteiger partial charge is 0.226 e. The number of benzene rings is 2. The van der Waals surface area contributed by atoms with Crippen LogP contribution in [0.15, 0.2) is 65.8 Å². The number of hydrogen-bond acceptors (Lipinski definition) is 3. The zero-order valence-electron chi connectivity index (χ0n) is 9.58. The molecule has 0 radical (unpaired) electrons. The lowest BCUT2D eigenvalue weighted by Gasteiger charge is -2.06. The molecule has 86 valence electrons. The lowest BCUT2D eigenvalue weighted by Crippen LogP contribution is -1.84. The van der Waals surface area contributed by atoms with E-state index in [0.717, 1.165) is 22.0 Å². The first kappa shape index (κ1) is 10.6. The topological polar surface area (TPSA) is 42.3 Å². The summed E-state index contributed by atoms with van der Waals surface area (Å²) in [6, 6.07) is 19.4. The average molecular weight is 234 g/mol. The van der Waals surface area contributed by atoms with E-state index >= 15 is 0 Å². The van der Waals surface area contributed by atoms with Gasteiger partial charge in [0.15, 0.2) is 5.82 Å². The molecule has 3 aromatic rings. The quantitative estimate of drug-likeness (QED) is 0.620. The zero-order valence-corrected chi connectivity index (χ0v) is 9.58. The van der Waals surface area contributed by atoms with Gasteiger partial charge in [-0.2, -0.15) is 0 Å². The maximum absolute atomic E-state index is 10.7. The predicted octanol–water partition coefficient (Wildman–Crippen LogP) is 4.30. The number of aromatic nitrogens is 1. The predicted molar refractivity (Wildman–Crippen MR) is 72.6 cm³/mol. The highest BCUT2D eigenvalue weighted by Crippen LogP contribution is 2.30. The molecule has 18 heavy (non-hydrogen) atoms. The molecule has 0 aliphatic heterocycles. The van der Waals surface area contributed by atoms with Crippen LogP contribution < -0.4 is 0 Å². The Labute approximate surface area is 104 Å². The monoisotopic (exact) mass is 234 g/mol. The summed E-state index contributed by atoms with van der Waals surface area (Å²) >= 11 is 0. The van der Waals surface area contributed by atoms with Crippen LogP contribution in [0.5, 0.6) is 0 Å². The summed E-state index contributed by atoms with van der Waals surface area (Å²) in [6.07, 6.45) is 0. The van der Waals surface area contributed by atoms with Crippen molar-refractivity contribution >= 4 is 16.7 Å². The molecule has 3 heteroatoms. The molecule has 0 saturated carbocycles. The van der Waals surface area contributed by atoms with E-state index in [4.69, 9.17) is 0 Å². The fraction of sp³-hybridized carbons (Fsp3) is 0. The standard InChI is InChI=1S/C15H10N2O/c18-17-15-10-13(11-6-2-1-3-7-11)12-8-4-5-9-14(12)16-15/h1-10H. The molecule has 0 spiro atoms. The Hall–Kier alpha value is -2.55. The molecule has 0 fully saturated rings. The maximum Gasteiger partial charge on any atom is 0.197 e. The van der Waals surface area contributed by atoms with Crippen LogP contribution in [0.25, 0.3) is 22.0 Å². The van der Waals surface area contributed by atoms with Crippen molar-refractivity contribution < 1.29 is 0 Å². The highest BCUT2D eigenvalue weighted by atomic mass is 16.3. The van der Waals surface area contributed by atoms with Gasteiger partial charge >= 0.3 is 0 Å². The van der Waals surface area contributed by atoms with Gasteiger partial charge in [-0.25, -0.2) is 4.98 Å². The van der Waals surface area contributed by atoms with Crippen LogP contribution in [-0.4, -0.2) is 4.98 Å². The third-order valence-corrected chi connectivity index (χ3v) is 2.88. The van der Waals surface area contributed by atoms with Crippen LogP contribution in [-0.2, 0) is 0 Å². The van der Waals surface area contributed by atoms with Gasteiger partial charge in [0.25, 0.3) is 0 Å². The summed E-state index contributed by atoms with van der Waals surface area (Å²) in [5.41, 5.74) is 2.82. The summed E-state index contributed by atoms with van der Waals surface area (Å²) < 4.78 is 0. The second kappa shape index (κ2) is 4.37. The van der Waals surface area contributed by atoms with Crippen molar-refractivity contribution in [1.82, 2.24) is 4.98 Å². The Morgan fingerprint density at radius 3 is 2.39 bits per heavy atom. The number of fused-ring (bicyclic) bond motifs is 1. The molecular formula is C15H10N2O. The van der Waals surface area contributed by atoms with Crippen molar-refractivity contribution in [1.29, 1.82) is 0 Å². The second-order valence-corrected chi connectivity index (χ2v) is 4.00. The van der Waals surface area contributed by atoms with Gasteiger partial charge in [-0.1, -0.05) is 48.5 Å². The molecule has 0 unspecified atom stereocenters. The lowest BCUT2D eigenvalue weighted by atomic mass is 10.0. The minimum atomic E-state index is 0.215. The van der Waals surface area contributed by atoms with Crippen molar-refractivity contribution in [2.45, 2.75) is 0 Å². The fourth-order valence-corrected chi connectivity index (χ4v) is 2.06. The number of nitrogens with zero attached hydrogens (tertiary/aromatic N) is 2. The van der Waals surface area contributed by atoms with Crippen molar-refractivity contribution in [3.8, 4) is 11.1 Å². The van der Waals surface area contributed by atoms with E-state index in [1.54, 1.807) is 6.07 Å². The number of hydrogen-bond donors (Lipinski definition) is 0. The van der Waals surface area contributed by atoms with Gasteiger partial charge in [-0.3, -0.25) is 0 Å². The van der Waals surface area contributed by atoms with E-state index < -0.39 is 0 Å². The van der Waals surface area contributed by atoms with E-state index in [2.05, 4.69) is 10.2 Å². The van der Waals surface area contributed by atoms with Crippen LogP contribution in [0.1, 0.15) is 0 Å². The molecule has 2 aromatic carbocycles. The van der Waals surface area contributed by atoms with Crippen molar-refractivity contribution in [3.63, 3.8) is 0 Å². The minimum absolute atomic E-state index is 0.215. The summed E-state index contributed by atoms with van der Waals surface area (Å²) in [7, 11) is 0. The van der Waals surface area contributed by atoms with Gasteiger partial charge in [0.05, 0.1) is 5.52 Å². The zero-order chi connectivity index (χ0) is 12.4. The van der Waals surface area contributed by atoms with Gasteiger partial charge < -0.3 is 0 Å². The Morgan fingerprint density at radius 1 is 0.889 bits per heavy atom. The average Bonchev–Trinajstić information content (AvgIpc) is 2.47. The third-order valence-electron chi connectivity index (χ3n) is 2.88. The summed E-state index contributed by atoms with van der Waals surface area (Å²) in [5, 5.41) is 3.97. The van der Waals surface area contributed by atoms with E-state index in [1.165, 1.54) is 0 Å². The number of para-hydroxylation sites is 1. The van der Waals surface area contributed by atoms with Crippen LogP contribution in [0.4, 0.5) is 5.82 Å². The number of rotatable bonds is 2. The van der Waals surface area contributed by atoms with Crippen LogP contribution in [0, 0.1) is 4.91 Å². The van der Waals surface area contributed by atoms with Crippen molar-refractivity contribution in [2.24, 2.45) is 5.18 Å². The van der Waals surface area contributed by atoms with Crippen LogP contribution in [0.3, 0.4) is 0 Å². The Kier molecular flexibility index (Phi) is 2.57. The SMILES string of the molecule is O=Nc1cc(-c2ccccc2)c2ccccc2n1. The van der Waals surface area contributed by atoms with E-state index in [1.807, 2.05) is 54.6 Å². The molecule has 3 rings (SSSR count). The van der Waals surface area contributed by atoms with Crippen molar-refractivity contribution in [3.05, 3.63) is 65.6 Å². The molecule has 0 N–H and O–H groups in total. The van der Waals surface area contributed by atoms with Gasteiger partial charge in [-0.15, -0.1) is 4.91 Å². The molecule has 0 amide bonds. The molecule has 0 atom stereocenters. The van der Waals surface area contributed by atoms with E-state index in [9.17, 15) is 4.91 Å². The van der Waals surface area contributed by atoms with Gasteiger partial charge in [0, 0.05) is 5.39 Å². The normalized spacial score (nSPS) is 10.4. The van der Waals surface area contributed by atoms with Gasteiger partial charge in [-0.05, 0) is 28.4 Å². The third kappa shape index (κ3) is 1.76. The van der Waals surface area contributed by atoms with E-state index in [0.29, 0.717) is 0 Å². The maximum atomic E-state index is 10.7. The fourth-order valence-electron chi connectivity index (χ4n) is 2.06. The summed E-state index contributed by atoms with van der Waals surface area (Å²) in [4.78, 5) is 14.9. The number of nitroso groups, excluding NO2 is 1. The van der Waals surface area contributed by atoms with Crippen molar-refractivity contribution in [2.75, 3.05) is 0 Å². The lowest BCUT2D eigenvalue weighted by molar-refractivity contribution is 1.32. The Morgan fingerprint density at radius 2 is 1.61 bits per heavy atom. The van der Waals surface area contributed by atoms with Crippen LogP contribution >= 0.6 is 0 Å². The molecule has 1 aromatic heterocycles. The molecule has 0 aliphatic rings. The first-order valence-corrected chi connectivity index (χ1v) is 5.67. The van der Waals surface area contributed by atoms with Gasteiger partial charge in [0.1, 0.15) is 0 Å². The summed E-state index contributed by atoms with van der Waals surface area (Å²) in [5.74, 6) is 0.215. The first-order chi connectivity index (χ1) is 8.88. The molecule has 0 aliphatic carbocycles. The highest BCUT2D eigenvalue weighted by Gasteiger charge is 2.07. The second-order valence-electron chi connectivity index (χ2n) is 4.00. The first-order valence-electron chi connectivity index (χ1n) is 5.67. The Bertz CT molecular complexity index is 708. The molecular weight excluding hydrogens is 224 g/mol. The smallest absolute Gasteiger partial charge is 0.197 e. The highest BCUT2D eigenvalue weighted by molar-refractivity contribution is 5.95. The van der Waals surface area contributed by atoms with E-state index in [-0.39, 0.29) is 5.82 Å². The molecule has 0 saturated heterocycles.